The number of sulfonamides is 1. The van der Waals surface area contributed by atoms with E-state index in [2.05, 4.69) is 33.4 Å². The summed E-state index contributed by atoms with van der Waals surface area (Å²) in [5.41, 5.74) is 0.888. The van der Waals surface area contributed by atoms with Gasteiger partial charge in [-0.3, -0.25) is 9.67 Å². The molecule has 9 nitrogen and oxygen atoms in total. The van der Waals surface area contributed by atoms with Crippen LogP contribution in [0.25, 0.3) is 22.8 Å². The van der Waals surface area contributed by atoms with E-state index in [1.165, 1.54) is 30.5 Å². The second kappa shape index (κ2) is 9.11. The number of rotatable bonds is 8. The summed E-state index contributed by atoms with van der Waals surface area (Å²) in [6, 6.07) is 5.65. The molecule has 0 bridgehead atoms. The van der Waals surface area contributed by atoms with Gasteiger partial charge in [-0.2, -0.15) is 23.3 Å². The molecule has 0 saturated heterocycles. The van der Waals surface area contributed by atoms with Gasteiger partial charge in [0.1, 0.15) is 0 Å². The van der Waals surface area contributed by atoms with Gasteiger partial charge < -0.3 is 4.52 Å². The lowest BCUT2D eigenvalue weighted by Crippen LogP contribution is -2.11. The van der Waals surface area contributed by atoms with Crippen LogP contribution < -0.4 is 5.14 Å². The lowest BCUT2D eigenvalue weighted by molar-refractivity contribution is -0.0852. The number of allylic oxidation sites excluding steroid dienone is 2. The summed E-state index contributed by atoms with van der Waals surface area (Å²) in [7, 11) is -2.13. The van der Waals surface area contributed by atoms with Crippen molar-refractivity contribution in [3.63, 3.8) is 0 Å². The molecule has 0 aliphatic heterocycles. The lowest BCUT2D eigenvalue weighted by atomic mass is 10.1. The maximum Gasteiger partial charge on any atom is 0.417 e. The number of halogens is 3. The molecule has 0 unspecified atom stereocenters. The number of aryl methyl sites for hydroxylation is 1. The number of alkyl halides is 3. The highest BCUT2D eigenvalue weighted by Crippen LogP contribution is 2.27. The number of benzene rings is 1. The standard InChI is InChI=1S/C20H19F3N6O3S/c1-12(20(21,22)23)10-25-13(2)4-9-17-16(11-26-29(17)3)19-27-18(28-32-19)14-5-7-15(8-6-14)33(24,30)31/h5-8,10-11H,1-2,4,9H2,3H3,(H2,24,30,31). The molecule has 174 valence electrons. The molecule has 13 heteroatoms. The topological polar surface area (TPSA) is 129 Å². The first-order chi connectivity index (χ1) is 15.4. The van der Waals surface area contributed by atoms with E-state index in [-0.39, 0.29) is 28.7 Å². The molecular weight excluding hydrogens is 461 g/mol. The van der Waals surface area contributed by atoms with Crippen LogP contribution in [0.15, 0.2) is 69.3 Å². The lowest BCUT2D eigenvalue weighted by Gasteiger charge is -2.06. The maximum absolute atomic E-state index is 12.5. The zero-order valence-corrected chi connectivity index (χ0v) is 18.2. The molecule has 0 fully saturated rings. The highest BCUT2D eigenvalue weighted by atomic mass is 32.2. The Bertz CT molecular complexity index is 1320. The van der Waals surface area contributed by atoms with E-state index < -0.39 is 21.8 Å². The molecule has 0 atom stereocenters. The Kier molecular flexibility index (Phi) is 6.65. The zero-order chi connectivity index (χ0) is 24.4. The minimum absolute atomic E-state index is 0.0498. The summed E-state index contributed by atoms with van der Waals surface area (Å²) in [5.74, 6) is 0.392. The second-order valence-electron chi connectivity index (χ2n) is 6.97. The molecule has 0 aliphatic carbocycles. The summed E-state index contributed by atoms with van der Waals surface area (Å²) in [4.78, 5) is 8.00. The summed E-state index contributed by atoms with van der Waals surface area (Å²) < 4.78 is 67.2. The predicted molar refractivity (Wildman–Crippen MR) is 114 cm³/mol. The van der Waals surface area contributed by atoms with Crippen molar-refractivity contribution in [2.75, 3.05) is 0 Å². The first kappa shape index (κ1) is 24.1. The third kappa shape index (κ3) is 5.81. The Morgan fingerprint density at radius 3 is 2.55 bits per heavy atom. The van der Waals surface area contributed by atoms with Crippen molar-refractivity contribution in [2.24, 2.45) is 17.2 Å². The Morgan fingerprint density at radius 2 is 1.94 bits per heavy atom. The summed E-state index contributed by atoms with van der Waals surface area (Å²) >= 11 is 0. The van der Waals surface area contributed by atoms with Crippen LogP contribution in [0.4, 0.5) is 13.2 Å². The van der Waals surface area contributed by atoms with Crippen molar-refractivity contribution in [2.45, 2.75) is 23.9 Å². The fourth-order valence-corrected chi connectivity index (χ4v) is 3.27. The van der Waals surface area contributed by atoms with Crippen molar-refractivity contribution in [1.29, 1.82) is 0 Å². The first-order valence-electron chi connectivity index (χ1n) is 9.32. The van der Waals surface area contributed by atoms with E-state index in [1.807, 2.05) is 0 Å². The highest BCUT2D eigenvalue weighted by molar-refractivity contribution is 7.89. The van der Waals surface area contributed by atoms with Gasteiger partial charge in [0.25, 0.3) is 5.89 Å². The van der Waals surface area contributed by atoms with Crippen LogP contribution in [-0.2, 0) is 23.5 Å². The Morgan fingerprint density at radius 1 is 1.27 bits per heavy atom. The van der Waals surface area contributed by atoms with Gasteiger partial charge in [0.05, 0.1) is 27.9 Å². The molecule has 0 aliphatic rings. The van der Waals surface area contributed by atoms with Crippen LogP contribution in [0.3, 0.4) is 0 Å². The van der Waals surface area contributed by atoms with E-state index in [0.29, 0.717) is 29.5 Å². The molecule has 2 N–H and O–H groups in total. The molecule has 2 heterocycles. The monoisotopic (exact) mass is 480 g/mol. The SMILES string of the molecule is C=C(CCc1c(-c2nc(-c3ccc(S(N)(=O)=O)cc3)no2)cnn1C)N=CC(=C)C(F)(F)F. The van der Waals surface area contributed by atoms with Gasteiger partial charge in [-0.25, -0.2) is 13.6 Å². The minimum Gasteiger partial charge on any atom is -0.333 e. The number of primary sulfonamides is 1. The van der Waals surface area contributed by atoms with Crippen LogP contribution in [0.2, 0.25) is 0 Å². The second-order valence-corrected chi connectivity index (χ2v) is 8.53. The molecule has 0 saturated carbocycles. The molecule has 0 amide bonds. The van der Waals surface area contributed by atoms with E-state index in [4.69, 9.17) is 9.66 Å². The number of nitrogens with zero attached hydrogens (tertiary/aromatic N) is 5. The third-order valence-electron chi connectivity index (χ3n) is 4.58. The van der Waals surface area contributed by atoms with Crippen molar-refractivity contribution in [3.8, 4) is 22.8 Å². The molecular formula is C20H19F3N6O3S. The maximum atomic E-state index is 12.5. The Hall–Kier alpha value is -3.58. The van der Waals surface area contributed by atoms with Gasteiger partial charge >= 0.3 is 6.18 Å². The van der Waals surface area contributed by atoms with E-state index in [9.17, 15) is 21.6 Å². The number of aromatic nitrogens is 4. The van der Waals surface area contributed by atoms with Gasteiger partial charge in [0.2, 0.25) is 15.8 Å². The van der Waals surface area contributed by atoms with Crippen LogP contribution in [-0.4, -0.2) is 40.7 Å². The van der Waals surface area contributed by atoms with E-state index >= 15 is 0 Å². The van der Waals surface area contributed by atoms with Gasteiger partial charge in [0, 0.05) is 24.5 Å². The van der Waals surface area contributed by atoms with Crippen LogP contribution in [0.1, 0.15) is 12.1 Å². The minimum atomic E-state index is -4.55. The number of hydrogen-bond donors (Lipinski definition) is 1. The Balaban J connectivity index is 1.75. The van der Waals surface area contributed by atoms with Gasteiger partial charge in [-0.15, -0.1) is 0 Å². The smallest absolute Gasteiger partial charge is 0.333 e. The molecule has 0 radical (unpaired) electrons. The first-order valence-corrected chi connectivity index (χ1v) is 10.9. The fourth-order valence-electron chi connectivity index (χ4n) is 2.75. The fraction of sp³-hybridized carbons (Fsp3) is 0.200. The van der Waals surface area contributed by atoms with Gasteiger partial charge in [-0.1, -0.05) is 18.3 Å². The van der Waals surface area contributed by atoms with Crippen molar-refractivity contribution in [3.05, 3.63) is 60.6 Å². The molecule has 3 rings (SSSR count). The number of aliphatic imine (C=N–C) groups is 1. The molecule has 3 aromatic rings. The predicted octanol–water partition coefficient (Wildman–Crippen LogP) is 3.42. The van der Waals surface area contributed by atoms with Crippen molar-refractivity contribution < 1.29 is 26.1 Å². The van der Waals surface area contributed by atoms with Gasteiger partial charge in [-0.05, 0) is 37.1 Å². The normalized spacial score (nSPS) is 12.4. The molecule has 2 aromatic heterocycles. The average molecular weight is 480 g/mol. The van der Waals surface area contributed by atoms with Crippen LogP contribution in [0.5, 0.6) is 0 Å². The molecule has 1 aromatic carbocycles. The zero-order valence-electron chi connectivity index (χ0n) is 17.4. The highest BCUT2D eigenvalue weighted by Gasteiger charge is 2.30. The third-order valence-corrected chi connectivity index (χ3v) is 5.51. The molecule has 33 heavy (non-hydrogen) atoms. The molecule has 0 spiro atoms. The largest absolute Gasteiger partial charge is 0.417 e. The summed E-state index contributed by atoms with van der Waals surface area (Å²) in [5, 5.41) is 13.2. The summed E-state index contributed by atoms with van der Waals surface area (Å²) in [6.07, 6.45) is -1.79. The van der Waals surface area contributed by atoms with E-state index in [0.717, 1.165) is 0 Å². The van der Waals surface area contributed by atoms with Gasteiger partial charge in [0.15, 0.2) is 0 Å². The quantitative estimate of drug-likeness (QED) is 0.492. The van der Waals surface area contributed by atoms with E-state index in [1.54, 1.807) is 11.7 Å². The van der Waals surface area contributed by atoms with Crippen molar-refractivity contribution in [1.82, 2.24) is 19.9 Å². The Labute approximate surface area is 187 Å². The number of hydrogen-bond acceptors (Lipinski definition) is 7. The van der Waals surface area contributed by atoms with Crippen molar-refractivity contribution >= 4 is 16.2 Å². The van der Waals surface area contributed by atoms with Crippen LogP contribution in [0, 0.1) is 0 Å². The average Bonchev–Trinajstić information content (AvgIpc) is 3.36. The van der Waals surface area contributed by atoms with Crippen LogP contribution >= 0.6 is 0 Å². The number of nitrogens with two attached hydrogens (primary N) is 1. The summed E-state index contributed by atoms with van der Waals surface area (Å²) in [6.45, 7) is 6.60.